The van der Waals surface area contributed by atoms with Crippen molar-refractivity contribution < 1.29 is 0 Å². The number of aliphatic imine (C=N–C) groups is 1. The average Bonchev–Trinajstić information content (AvgIpc) is 2.02. The summed E-state index contributed by atoms with van der Waals surface area (Å²) >= 11 is 4.24. The van der Waals surface area contributed by atoms with E-state index in [0.717, 1.165) is 24.3 Å². The van der Waals surface area contributed by atoms with Crippen molar-refractivity contribution in [2.24, 2.45) is 10.9 Å². The van der Waals surface area contributed by atoms with Crippen molar-refractivity contribution in [2.45, 2.75) is 40.5 Å². The van der Waals surface area contributed by atoms with E-state index in [9.17, 15) is 0 Å². The zero-order valence-electron chi connectivity index (χ0n) is 9.17. The first kappa shape index (κ1) is 12.8. The predicted molar refractivity (Wildman–Crippen MR) is 64.8 cm³/mol. The normalized spacial score (nSPS) is 14.0. The van der Waals surface area contributed by atoms with Gasteiger partial charge in [0.05, 0.1) is 0 Å². The second-order valence-corrected chi connectivity index (χ2v) is 4.02. The van der Waals surface area contributed by atoms with E-state index in [1.807, 2.05) is 0 Å². The highest BCUT2D eigenvalue weighted by Gasteiger charge is 1.98. The van der Waals surface area contributed by atoms with E-state index >= 15 is 0 Å². The van der Waals surface area contributed by atoms with Gasteiger partial charge in [-0.1, -0.05) is 26.8 Å². The molecule has 0 aliphatic heterocycles. The fourth-order valence-corrected chi connectivity index (χ4v) is 1.46. The van der Waals surface area contributed by atoms with E-state index in [4.69, 9.17) is 0 Å². The van der Waals surface area contributed by atoms with Crippen molar-refractivity contribution in [1.29, 1.82) is 0 Å². The second-order valence-electron chi connectivity index (χ2n) is 3.71. The fourth-order valence-electron chi connectivity index (χ4n) is 1.26. The van der Waals surface area contributed by atoms with E-state index in [1.54, 1.807) is 0 Å². The van der Waals surface area contributed by atoms with Gasteiger partial charge in [0.25, 0.3) is 0 Å². The first-order valence-corrected chi connectivity index (χ1v) is 5.57. The summed E-state index contributed by atoms with van der Waals surface area (Å²) in [6.45, 7) is 8.63. The van der Waals surface area contributed by atoms with Crippen LogP contribution in [0, 0.1) is 5.92 Å². The molecule has 0 rings (SSSR count). The van der Waals surface area contributed by atoms with Crippen molar-refractivity contribution in [1.82, 2.24) is 0 Å². The minimum Gasteiger partial charge on any atom is -0.262 e. The van der Waals surface area contributed by atoms with Crippen LogP contribution in [0.5, 0.6) is 0 Å². The molecule has 13 heavy (non-hydrogen) atoms. The molecule has 0 aliphatic carbocycles. The van der Waals surface area contributed by atoms with Gasteiger partial charge in [0.2, 0.25) is 0 Å². The van der Waals surface area contributed by atoms with E-state index in [1.165, 1.54) is 5.71 Å². The van der Waals surface area contributed by atoms with Crippen LogP contribution in [0.1, 0.15) is 40.5 Å². The molecule has 0 radical (unpaired) electrons. The molecular formula is C11H21NS. The molecule has 0 aromatic heterocycles. The summed E-state index contributed by atoms with van der Waals surface area (Å²) in [6, 6.07) is 0. The molecule has 76 valence electrons. The third-order valence-electron chi connectivity index (χ3n) is 1.64. The van der Waals surface area contributed by atoms with Crippen LogP contribution in [0.2, 0.25) is 0 Å². The molecule has 0 fully saturated rings. The monoisotopic (exact) mass is 199 g/mol. The Bertz CT molecular complexity index is 192. The minimum absolute atomic E-state index is 0.687. The summed E-state index contributed by atoms with van der Waals surface area (Å²) in [4.78, 5) is 4.53. The van der Waals surface area contributed by atoms with Gasteiger partial charge in [-0.3, -0.25) is 4.99 Å². The van der Waals surface area contributed by atoms with Crippen LogP contribution in [-0.4, -0.2) is 11.5 Å². The maximum Gasteiger partial charge on any atom is 0.0459 e. The summed E-state index contributed by atoms with van der Waals surface area (Å²) in [5.41, 5.74) is 2.31. The number of rotatable bonds is 5. The topological polar surface area (TPSA) is 12.4 Å². The molecule has 0 amide bonds. The summed E-state index contributed by atoms with van der Waals surface area (Å²) in [5, 5.41) is 0. The average molecular weight is 199 g/mol. The Kier molecular flexibility index (Phi) is 7.06. The molecule has 0 bridgehead atoms. The number of hydrogen-bond acceptors (Lipinski definition) is 2. The summed E-state index contributed by atoms with van der Waals surface area (Å²) < 4.78 is 0. The first-order valence-electron chi connectivity index (χ1n) is 4.94. The van der Waals surface area contributed by atoms with E-state index in [-0.39, 0.29) is 0 Å². The molecule has 0 N–H and O–H groups in total. The van der Waals surface area contributed by atoms with Crippen molar-refractivity contribution >= 4 is 18.3 Å². The van der Waals surface area contributed by atoms with Crippen molar-refractivity contribution in [3.8, 4) is 0 Å². The van der Waals surface area contributed by atoms with Gasteiger partial charge in [-0.25, -0.2) is 0 Å². The van der Waals surface area contributed by atoms with Crippen molar-refractivity contribution in [2.75, 3.05) is 5.75 Å². The number of nitrogens with zero attached hydrogens (tertiary/aromatic N) is 1. The van der Waals surface area contributed by atoms with E-state index in [0.29, 0.717) is 5.92 Å². The van der Waals surface area contributed by atoms with Crippen LogP contribution in [-0.2, 0) is 0 Å². The lowest BCUT2D eigenvalue weighted by molar-refractivity contribution is 0.682. The summed E-state index contributed by atoms with van der Waals surface area (Å²) in [6.07, 6.45) is 4.25. The highest BCUT2D eigenvalue weighted by atomic mass is 32.1. The molecule has 1 nitrogen and oxygen atoms in total. The molecular weight excluding hydrogens is 178 g/mol. The van der Waals surface area contributed by atoms with Crippen molar-refractivity contribution in [3.05, 3.63) is 11.8 Å². The Balaban J connectivity index is 4.24. The van der Waals surface area contributed by atoms with Gasteiger partial charge in [-0.2, -0.15) is 12.6 Å². The highest BCUT2D eigenvalue weighted by molar-refractivity contribution is 7.80. The predicted octanol–water partition coefficient (Wildman–Crippen LogP) is 3.72. The van der Waals surface area contributed by atoms with E-state index in [2.05, 4.69) is 51.4 Å². The van der Waals surface area contributed by atoms with Crippen molar-refractivity contribution in [3.63, 3.8) is 0 Å². The number of allylic oxidation sites excluding steroid dienone is 1. The van der Waals surface area contributed by atoms with Crippen LogP contribution >= 0.6 is 12.6 Å². The maximum atomic E-state index is 4.53. The Morgan fingerprint density at radius 1 is 1.46 bits per heavy atom. The molecule has 0 heterocycles. The Morgan fingerprint density at radius 3 is 2.46 bits per heavy atom. The SMILES string of the molecule is CC/C=C(CS)\N=C(/C)CC(C)C. The number of thiol groups is 1. The van der Waals surface area contributed by atoms with Gasteiger partial charge in [0, 0.05) is 17.2 Å². The second kappa shape index (κ2) is 7.19. The Labute approximate surface area is 87.7 Å². The smallest absolute Gasteiger partial charge is 0.0459 e. The molecule has 0 aromatic rings. The van der Waals surface area contributed by atoms with Crippen LogP contribution in [0.3, 0.4) is 0 Å². The van der Waals surface area contributed by atoms with E-state index < -0.39 is 0 Å². The molecule has 0 spiro atoms. The molecule has 0 atom stereocenters. The molecule has 2 heteroatoms. The third kappa shape index (κ3) is 6.88. The lowest BCUT2D eigenvalue weighted by Crippen LogP contribution is -1.99. The third-order valence-corrected chi connectivity index (χ3v) is 1.96. The maximum absolute atomic E-state index is 4.53. The molecule has 0 unspecified atom stereocenters. The van der Waals surface area contributed by atoms with Gasteiger partial charge < -0.3 is 0 Å². The summed E-state index contributed by atoms with van der Waals surface area (Å²) in [7, 11) is 0. The van der Waals surface area contributed by atoms with Gasteiger partial charge in [0.1, 0.15) is 0 Å². The van der Waals surface area contributed by atoms with Gasteiger partial charge in [-0.15, -0.1) is 0 Å². The fraction of sp³-hybridized carbons (Fsp3) is 0.727. The highest BCUT2D eigenvalue weighted by Crippen LogP contribution is 2.07. The quantitative estimate of drug-likeness (QED) is 0.512. The number of hydrogen-bond donors (Lipinski definition) is 1. The lowest BCUT2D eigenvalue weighted by Gasteiger charge is -2.04. The van der Waals surface area contributed by atoms with Gasteiger partial charge >= 0.3 is 0 Å². The Hall–Kier alpha value is -0.240. The first-order chi connectivity index (χ1) is 6.10. The standard InChI is InChI=1S/C11H21NS/c1-5-6-11(8-13)12-10(4)7-9(2)3/h6,9,13H,5,7-8H2,1-4H3/b11-6-,12-10+. The zero-order chi connectivity index (χ0) is 10.3. The molecule has 0 saturated carbocycles. The molecule has 0 aliphatic rings. The largest absolute Gasteiger partial charge is 0.262 e. The lowest BCUT2D eigenvalue weighted by atomic mass is 10.1. The Morgan fingerprint density at radius 2 is 2.08 bits per heavy atom. The van der Waals surface area contributed by atoms with Gasteiger partial charge in [0.15, 0.2) is 0 Å². The van der Waals surface area contributed by atoms with Crippen LogP contribution < -0.4 is 0 Å². The van der Waals surface area contributed by atoms with Crippen LogP contribution in [0.15, 0.2) is 16.8 Å². The molecule has 0 aromatic carbocycles. The van der Waals surface area contributed by atoms with Crippen LogP contribution in [0.25, 0.3) is 0 Å². The van der Waals surface area contributed by atoms with Crippen LogP contribution in [0.4, 0.5) is 0 Å². The molecule has 0 saturated heterocycles. The van der Waals surface area contributed by atoms with Gasteiger partial charge in [-0.05, 0) is 25.7 Å². The summed E-state index contributed by atoms with van der Waals surface area (Å²) in [5.74, 6) is 1.43. The zero-order valence-corrected chi connectivity index (χ0v) is 10.1. The minimum atomic E-state index is 0.687.